The molecule has 1 amide bonds. The van der Waals surface area contributed by atoms with Crippen LogP contribution in [-0.2, 0) is 0 Å². The molecule has 0 heterocycles. The van der Waals surface area contributed by atoms with E-state index in [0.29, 0.717) is 5.56 Å². The van der Waals surface area contributed by atoms with Gasteiger partial charge in [0.1, 0.15) is 0 Å². The van der Waals surface area contributed by atoms with Crippen LogP contribution in [0.2, 0.25) is 0 Å². The second-order valence-electron chi connectivity index (χ2n) is 3.88. The van der Waals surface area contributed by atoms with Crippen LogP contribution in [0.15, 0.2) is 22.7 Å². The van der Waals surface area contributed by atoms with Gasteiger partial charge in [-0.3, -0.25) is 4.79 Å². The van der Waals surface area contributed by atoms with Crippen LogP contribution in [0.3, 0.4) is 0 Å². The second-order valence-corrected chi connectivity index (χ2v) is 4.73. The zero-order valence-corrected chi connectivity index (χ0v) is 11.8. The molecular formula is C12H18BrN3O. The van der Waals surface area contributed by atoms with Crippen LogP contribution in [0, 0.1) is 0 Å². The van der Waals surface area contributed by atoms with Crippen LogP contribution >= 0.6 is 15.9 Å². The molecular weight excluding hydrogens is 282 g/mol. The first kappa shape index (κ1) is 14.0. The summed E-state index contributed by atoms with van der Waals surface area (Å²) in [5, 5.41) is 3.10. The maximum atomic E-state index is 11.4. The molecule has 1 aromatic rings. The molecule has 0 spiro atoms. The Labute approximate surface area is 110 Å². The number of primary amides is 1. The summed E-state index contributed by atoms with van der Waals surface area (Å²) in [4.78, 5) is 13.5. The van der Waals surface area contributed by atoms with Crippen LogP contribution in [0.25, 0.3) is 0 Å². The summed E-state index contributed by atoms with van der Waals surface area (Å²) in [5.74, 6) is -0.409. The van der Waals surface area contributed by atoms with Gasteiger partial charge in [-0.05, 0) is 48.1 Å². The van der Waals surface area contributed by atoms with Crippen molar-refractivity contribution in [3.8, 4) is 0 Å². The topological polar surface area (TPSA) is 58.4 Å². The molecule has 1 aromatic carbocycles. The van der Waals surface area contributed by atoms with Crippen molar-refractivity contribution in [1.82, 2.24) is 5.32 Å². The average Bonchev–Trinajstić information content (AvgIpc) is 2.28. The molecule has 0 bridgehead atoms. The molecule has 0 saturated heterocycles. The van der Waals surface area contributed by atoms with Gasteiger partial charge in [0.15, 0.2) is 0 Å². The van der Waals surface area contributed by atoms with E-state index in [-0.39, 0.29) is 0 Å². The lowest BCUT2D eigenvalue weighted by Crippen LogP contribution is -2.25. The number of nitrogens with two attached hydrogens (primary N) is 1. The van der Waals surface area contributed by atoms with E-state index in [1.807, 2.05) is 37.2 Å². The van der Waals surface area contributed by atoms with Crippen LogP contribution in [0.1, 0.15) is 16.8 Å². The minimum absolute atomic E-state index is 0.409. The Morgan fingerprint density at radius 2 is 2.24 bits per heavy atom. The van der Waals surface area contributed by atoms with E-state index in [4.69, 9.17) is 5.73 Å². The zero-order chi connectivity index (χ0) is 12.8. The normalized spacial score (nSPS) is 10.3. The highest BCUT2D eigenvalue weighted by atomic mass is 79.9. The molecule has 0 fully saturated rings. The highest BCUT2D eigenvalue weighted by molar-refractivity contribution is 9.10. The number of anilines is 1. The number of hydrogen-bond acceptors (Lipinski definition) is 3. The highest BCUT2D eigenvalue weighted by Crippen LogP contribution is 2.26. The van der Waals surface area contributed by atoms with E-state index in [0.717, 1.165) is 29.7 Å². The van der Waals surface area contributed by atoms with Crippen LogP contribution in [-0.4, -0.2) is 33.1 Å². The number of carbonyl (C=O) groups excluding carboxylic acids is 1. The molecule has 0 atom stereocenters. The fourth-order valence-electron chi connectivity index (χ4n) is 1.69. The molecule has 94 valence electrons. The Kier molecular flexibility index (Phi) is 5.44. The number of nitrogens with zero attached hydrogens (tertiary/aromatic N) is 1. The number of rotatable bonds is 6. The van der Waals surface area contributed by atoms with Gasteiger partial charge < -0.3 is 16.0 Å². The molecule has 1 rings (SSSR count). The van der Waals surface area contributed by atoms with Gasteiger partial charge in [-0.25, -0.2) is 0 Å². The number of amides is 1. The lowest BCUT2D eigenvalue weighted by atomic mass is 10.1. The summed E-state index contributed by atoms with van der Waals surface area (Å²) >= 11 is 3.36. The zero-order valence-electron chi connectivity index (χ0n) is 10.2. The highest BCUT2D eigenvalue weighted by Gasteiger charge is 2.14. The van der Waals surface area contributed by atoms with E-state index in [1.54, 1.807) is 0 Å². The standard InChI is InChI=1S/C12H18BrN3O/c1-15-7-4-8-16(2)10-6-3-5-9(13)11(10)12(14)17/h3,5-6,15H,4,7-8H2,1-2H3,(H2,14,17). The first-order chi connectivity index (χ1) is 8.07. The van der Waals surface area contributed by atoms with Crippen molar-refractivity contribution in [3.63, 3.8) is 0 Å². The van der Waals surface area contributed by atoms with Crippen molar-refractivity contribution >= 4 is 27.5 Å². The third-order valence-corrected chi connectivity index (χ3v) is 3.23. The molecule has 0 radical (unpaired) electrons. The Balaban J connectivity index is 2.89. The van der Waals surface area contributed by atoms with Gasteiger partial charge in [-0.2, -0.15) is 0 Å². The Morgan fingerprint density at radius 3 is 2.82 bits per heavy atom. The van der Waals surface area contributed by atoms with E-state index in [9.17, 15) is 4.79 Å². The van der Waals surface area contributed by atoms with Crippen molar-refractivity contribution in [3.05, 3.63) is 28.2 Å². The largest absolute Gasteiger partial charge is 0.374 e. The molecule has 0 aliphatic heterocycles. The molecule has 0 aliphatic carbocycles. The van der Waals surface area contributed by atoms with Crippen molar-refractivity contribution in [2.75, 3.05) is 32.1 Å². The lowest BCUT2D eigenvalue weighted by Gasteiger charge is -2.22. The van der Waals surface area contributed by atoms with Gasteiger partial charge >= 0.3 is 0 Å². The van der Waals surface area contributed by atoms with Crippen LogP contribution < -0.4 is 16.0 Å². The van der Waals surface area contributed by atoms with Gasteiger partial charge in [0.25, 0.3) is 5.91 Å². The third-order valence-electron chi connectivity index (χ3n) is 2.57. The fourth-order valence-corrected chi connectivity index (χ4v) is 2.24. The maximum absolute atomic E-state index is 11.4. The average molecular weight is 300 g/mol. The smallest absolute Gasteiger partial charge is 0.251 e. The predicted molar refractivity (Wildman–Crippen MR) is 74.5 cm³/mol. The SMILES string of the molecule is CNCCCN(C)c1cccc(Br)c1C(N)=O. The summed E-state index contributed by atoms with van der Waals surface area (Å²) in [6, 6.07) is 5.63. The van der Waals surface area contributed by atoms with Gasteiger partial charge in [0, 0.05) is 18.1 Å². The number of benzene rings is 1. The van der Waals surface area contributed by atoms with E-state index in [1.165, 1.54) is 0 Å². The Bertz CT molecular complexity index is 395. The van der Waals surface area contributed by atoms with Crippen LogP contribution in [0.4, 0.5) is 5.69 Å². The Morgan fingerprint density at radius 1 is 1.53 bits per heavy atom. The molecule has 0 aliphatic rings. The van der Waals surface area contributed by atoms with Gasteiger partial charge in [0.05, 0.1) is 11.3 Å². The molecule has 17 heavy (non-hydrogen) atoms. The molecule has 5 heteroatoms. The first-order valence-corrected chi connectivity index (χ1v) is 6.31. The summed E-state index contributed by atoms with van der Waals surface area (Å²) in [6.07, 6.45) is 1.01. The summed E-state index contributed by atoms with van der Waals surface area (Å²) < 4.78 is 0.739. The lowest BCUT2D eigenvalue weighted by molar-refractivity contribution is 0.1000. The number of carbonyl (C=O) groups is 1. The third kappa shape index (κ3) is 3.71. The van der Waals surface area contributed by atoms with Crippen molar-refractivity contribution in [1.29, 1.82) is 0 Å². The van der Waals surface area contributed by atoms with Crippen molar-refractivity contribution in [2.45, 2.75) is 6.42 Å². The minimum Gasteiger partial charge on any atom is -0.374 e. The van der Waals surface area contributed by atoms with Gasteiger partial charge in [0.2, 0.25) is 0 Å². The molecule has 0 saturated carbocycles. The van der Waals surface area contributed by atoms with Crippen molar-refractivity contribution in [2.24, 2.45) is 5.73 Å². The summed E-state index contributed by atoms with van der Waals surface area (Å²) in [5.41, 5.74) is 6.81. The molecule has 0 unspecified atom stereocenters. The fraction of sp³-hybridized carbons (Fsp3) is 0.417. The van der Waals surface area contributed by atoms with E-state index < -0.39 is 5.91 Å². The Hall–Kier alpha value is -1.07. The van der Waals surface area contributed by atoms with E-state index >= 15 is 0 Å². The minimum atomic E-state index is -0.409. The molecule has 4 nitrogen and oxygen atoms in total. The van der Waals surface area contributed by atoms with Crippen molar-refractivity contribution < 1.29 is 4.79 Å². The number of halogens is 1. The summed E-state index contributed by atoms with van der Waals surface area (Å²) in [6.45, 7) is 1.82. The molecule has 3 N–H and O–H groups in total. The predicted octanol–water partition coefficient (Wildman–Crippen LogP) is 1.59. The van der Waals surface area contributed by atoms with E-state index in [2.05, 4.69) is 21.2 Å². The molecule has 0 aromatic heterocycles. The number of hydrogen-bond donors (Lipinski definition) is 2. The number of nitrogens with one attached hydrogen (secondary N) is 1. The van der Waals surface area contributed by atoms with Crippen LogP contribution in [0.5, 0.6) is 0 Å². The first-order valence-electron chi connectivity index (χ1n) is 5.52. The monoisotopic (exact) mass is 299 g/mol. The quantitative estimate of drug-likeness (QED) is 0.785. The maximum Gasteiger partial charge on any atom is 0.251 e. The van der Waals surface area contributed by atoms with Gasteiger partial charge in [-0.15, -0.1) is 0 Å². The summed E-state index contributed by atoms with van der Waals surface area (Å²) in [7, 11) is 3.89. The second kappa shape index (κ2) is 6.61. The van der Waals surface area contributed by atoms with Gasteiger partial charge in [-0.1, -0.05) is 6.07 Å².